The van der Waals surface area contributed by atoms with E-state index in [1.807, 2.05) is 30.3 Å². The molecule has 0 aliphatic rings. The summed E-state index contributed by atoms with van der Waals surface area (Å²) in [6.07, 6.45) is 0. The second-order valence-electron chi connectivity index (χ2n) is 4.15. The van der Waals surface area contributed by atoms with Crippen LogP contribution in [0, 0.1) is 5.82 Å². The third kappa shape index (κ3) is 3.17. The minimum Gasteiger partial charge on any atom is -0.344 e. The predicted molar refractivity (Wildman–Crippen MR) is 72.1 cm³/mol. The zero-order chi connectivity index (χ0) is 13.7. The highest BCUT2D eigenvalue weighted by Gasteiger charge is 2.16. The van der Waals surface area contributed by atoms with Crippen LogP contribution in [0.3, 0.4) is 0 Å². The Kier molecular flexibility index (Phi) is 4.26. The zero-order valence-corrected chi connectivity index (χ0v) is 10.3. The molecule has 2 rings (SSSR count). The third-order valence-corrected chi connectivity index (χ3v) is 2.86. The van der Waals surface area contributed by atoms with E-state index in [9.17, 15) is 9.18 Å². The monoisotopic (exact) mass is 258 g/mol. The predicted octanol–water partition coefficient (Wildman–Crippen LogP) is 2.26. The lowest BCUT2D eigenvalue weighted by Crippen LogP contribution is -2.33. The van der Waals surface area contributed by atoms with Crippen LogP contribution in [0.25, 0.3) is 0 Å². The van der Waals surface area contributed by atoms with Crippen molar-refractivity contribution in [3.05, 3.63) is 71.5 Å². The standard InChI is InChI=1S/C15H15FN2O/c16-13-9-5-4-8-12(13)15(19)18-14(10-17)11-6-2-1-3-7-11/h1-9,14H,10,17H2,(H,18,19). The lowest BCUT2D eigenvalue weighted by atomic mass is 10.1. The lowest BCUT2D eigenvalue weighted by Gasteiger charge is -2.17. The molecule has 4 heteroatoms. The minimum atomic E-state index is -0.538. The first-order valence-corrected chi connectivity index (χ1v) is 6.02. The van der Waals surface area contributed by atoms with Gasteiger partial charge in [0.25, 0.3) is 5.91 Å². The van der Waals surface area contributed by atoms with Crippen LogP contribution in [-0.2, 0) is 0 Å². The summed E-state index contributed by atoms with van der Waals surface area (Å²) in [5.41, 5.74) is 6.58. The Labute approximate surface area is 111 Å². The van der Waals surface area contributed by atoms with E-state index in [-0.39, 0.29) is 18.2 Å². The second kappa shape index (κ2) is 6.11. The maximum Gasteiger partial charge on any atom is 0.254 e. The third-order valence-electron chi connectivity index (χ3n) is 2.86. The van der Waals surface area contributed by atoms with Crippen molar-refractivity contribution in [3.8, 4) is 0 Å². The molecule has 1 amide bonds. The van der Waals surface area contributed by atoms with Gasteiger partial charge in [-0.1, -0.05) is 42.5 Å². The van der Waals surface area contributed by atoms with E-state index >= 15 is 0 Å². The highest BCUT2D eigenvalue weighted by molar-refractivity contribution is 5.94. The van der Waals surface area contributed by atoms with Gasteiger partial charge in [0.15, 0.2) is 0 Å². The summed E-state index contributed by atoms with van der Waals surface area (Å²) >= 11 is 0. The smallest absolute Gasteiger partial charge is 0.254 e. The molecule has 3 N–H and O–H groups in total. The Hall–Kier alpha value is -2.20. The molecule has 19 heavy (non-hydrogen) atoms. The minimum absolute atomic E-state index is 0.0249. The van der Waals surface area contributed by atoms with Gasteiger partial charge in [-0.15, -0.1) is 0 Å². The van der Waals surface area contributed by atoms with Crippen LogP contribution < -0.4 is 11.1 Å². The van der Waals surface area contributed by atoms with Crippen molar-refractivity contribution in [1.29, 1.82) is 0 Å². The van der Waals surface area contributed by atoms with Gasteiger partial charge in [0, 0.05) is 6.54 Å². The van der Waals surface area contributed by atoms with Gasteiger partial charge in [0.1, 0.15) is 5.82 Å². The van der Waals surface area contributed by atoms with Crippen LogP contribution in [0.2, 0.25) is 0 Å². The number of carbonyl (C=O) groups excluding carboxylic acids is 1. The van der Waals surface area contributed by atoms with Crippen LogP contribution in [0.1, 0.15) is 22.0 Å². The quantitative estimate of drug-likeness (QED) is 0.883. The van der Waals surface area contributed by atoms with Crippen molar-refractivity contribution < 1.29 is 9.18 Å². The molecule has 0 aliphatic heterocycles. The SMILES string of the molecule is NCC(NC(=O)c1ccccc1F)c1ccccc1. The number of nitrogens with one attached hydrogen (secondary N) is 1. The van der Waals surface area contributed by atoms with Gasteiger partial charge in [-0.05, 0) is 17.7 Å². The van der Waals surface area contributed by atoms with Crippen molar-refractivity contribution >= 4 is 5.91 Å². The molecule has 3 nitrogen and oxygen atoms in total. The number of nitrogens with two attached hydrogens (primary N) is 1. The first-order chi connectivity index (χ1) is 9.22. The maximum absolute atomic E-state index is 13.5. The first-order valence-electron chi connectivity index (χ1n) is 6.02. The Morgan fingerprint density at radius 1 is 1.11 bits per heavy atom. The Balaban J connectivity index is 2.16. The molecule has 0 saturated carbocycles. The molecule has 0 aliphatic carbocycles. The molecular formula is C15H15FN2O. The van der Waals surface area contributed by atoms with E-state index in [0.717, 1.165) is 5.56 Å². The van der Waals surface area contributed by atoms with Crippen LogP contribution in [0.15, 0.2) is 54.6 Å². The van der Waals surface area contributed by atoms with Gasteiger partial charge in [-0.2, -0.15) is 0 Å². The first kappa shape index (κ1) is 13.2. The van der Waals surface area contributed by atoms with Gasteiger partial charge < -0.3 is 11.1 Å². The molecule has 2 aromatic rings. The number of halogens is 1. The summed E-state index contributed by atoms with van der Waals surface area (Å²) in [6.45, 7) is 0.254. The molecule has 98 valence electrons. The lowest BCUT2D eigenvalue weighted by molar-refractivity contribution is 0.0934. The zero-order valence-electron chi connectivity index (χ0n) is 10.3. The fourth-order valence-electron chi connectivity index (χ4n) is 1.85. The van der Waals surface area contributed by atoms with Crippen molar-refractivity contribution in [1.82, 2.24) is 5.32 Å². The van der Waals surface area contributed by atoms with Crippen LogP contribution in [-0.4, -0.2) is 12.5 Å². The molecule has 0 radical (unpaired) electrons. The molecule has 1 unspecified atom stereocenters. The summed E-state index contributed by atoms with van der Waals surface area (Å²) in [6, 6.07) is 14.9. The number of hydrogen-bond donors (Lipinski definition) is 2. The second-order valence-corrected chi connectivity index (χ2v) is 4.15. The Morgan fingerprint density at radius 2 is 1.74 bits per heavy atom. The summed E-state index contributed by atoms with van der Waals surface area (Å²) in [7, 11) is 0. The van der Waals surface area contributed by atoms with Crippen molar-refractivity contribution in [2.45, 2.75) is 6.04 Å². The molecule has 0 aromatic heterocycles. The summed E-state index contributed by atoms with van der Waals surface area (Å²) in [4.78, 5) is 12.0. The molecule has 0 fully saturated rings. The molecule has 0 saturated heterocycles. The van der Waals surface area contributed by atoms with E-state index < -0.39 is 11.7 Å². The topological polar surface area (TPSA) is 55.1 Å². The van der Waals surface area contributed by atoms with Crippen LogP contribution >= 0.6 is 0 Å². The largest absolute Gasteiger partial charge is 0.344 e. The van der Waals surface area contributed by atoms with E-state index in [1.165, 1.54) is 12.1 Å². The van der Waals surface area contributed by atoms with Gasteiger partial charge in [-0.25, -0.2) is 4.39 Å². The number of carbonyl (C=O) groups is 1. The van der Waals surface area contributed by atoms with Gasteiger partial charge >= 0.3 is 0 Å². The highest BCUT2D eigenvalue weighted by Crippen LogP contribution is 2.13. The number of hydrogen-bond acceptors (Lipinski definition) is 2. The molecule has 0 heterocycles. The van der Waals surface area contributed by atoms with Gasteiger partial charge in [0.2, 0.25) is 0 Å². The van der Waals surface area contributed by atoms with E-state index in [0.29, 0.717) is 0 Å². The number of benzene rings is 2. The Morgan fingerprint density at radius 3 is 2.37 bits per heavy atom. The fourth-order valence-corrected chi connectivity index (χ4v) is 1.85. The average Bonchev–Trinajstić information content (AvgIpc) is 2.46. The van der Waals surface area contributed by atoms with Crippen molar-refractivity contribution in [3.63, 3.8) is 0 Å². The summed E-state index contributed by atoms with van der Waals surface area (Å²) < 4.78 is 13.5. The van der Waals surface area contributed by atoms with Crippen LogP contribution in [0.4, 0.5) is 4.39 Å². The van der Waals surface area contributed by atoms with Crippen molar-refractivity contribution in [2.24, 2.45) is 5.73 Å². The fraction of sp³-hybridized carbons (Fsp3) is 0.133. The maximum atomic E-state index is 13.5. The normalized spacial score (nSPS) is 11.9. The molecule has 0 bridgehead atoms. The average molecular weight is 258 g/mol. The van der Waals surface area contributed by atoms with Crippen molar-refractivity contribution in [2.75, 3.05) is 6.54 Å². The highest BCUT2D eigenvalue weighted by atomic mass is 19.1. The molecule has 2 aromatic carbocycles. The van der Waals surface area contributed by atoms with E-state index in [2.05, 4.69) is 5.32 Å². The van der Waals surface area contributed by atoms with E-state index in [1.54, 1.807) is 12.1 Å². The van der Waals surface area contributed by atoms with Gasteiger partial charge in [0.05, 0.1) is 11.6 Å². The molecular weight excluding hydrogens is 243 g/mol. The Bertz CT molecular complexity index is 557. The van der Waals surface area contributed by atoms with Crippen LogP contribution in [0.5, 0.6) is 0 Å². The number of amides is 1. The van der Waals surface area contributed by atoms with Gasteiger partial charge in [-0.3, -0.25) is 4.79 Å². The molecule has 1 atom stereocenters. The van der Waals surface area contributed by atoms with E-state index in [4.69, 9.17) is 5.73 Å². The number of rotatable bonds is 4. The summed E-state index contributed by atoms with van der Waals surface area (Å²) in [5.74, 6) is -0.999. The summed E-state index contributed by atoms with van der Waals surface area (Å²) in [5, 5.41) is 2.74. The molecule has 0 spiro atoms.